The van der Waals surface area contributed by atoms with Crippen molar-refractivity contribution in [2.24, 2.45) is 0 Å². The van der Waals surface area contributed by atoms with Crippen molar-refractivity contribution in [2.45, 2.75) is 46.5 Å². The summed E-state index contributed by atoms with van der Waals surface area (Å²) in [6, 6.07) is 78.3. The van der Waals surface area contributed by atoms with Crippen LogP contribution in [0.5, 0.6) is 5.75 Å². The smallest absolute Gasteiger partial charge is 1.00 e. The van der Waals surface area contributed by atoms with Crippen LogP contribution in [0, 0.1) is 11.8 Å². The number of anilines is 3. The van der Waals surface area contributed by atoms with E-state index in [-0.39, 0.29) is 179 Å². The first-order valence-electron chi connectivity index (χ1n) is 35.5. The molecule has 601 valence electrons. The van der Waals surface area contributed by atoms with Gasteiger partial charge in [0.1, 0.15) is 56.0 Å². The zero-order valence-electron chi connectivity index (χ0n) is 67.2. The summed E-state index contributed by atoms with van der Waals surface area (Å²) in [4.78, 5) is 33.6. The van der Waals surface area contributed by atoms with Crippen molar-refractivity contribution >= 4 is 267 Å². The van der Waals surface area contributed by atoms with Gasteiger partial charge < -0.3 is 84.8 Å². The molecule has 1 aliphatic rings. The molecule has 31 heteroatoms. The topological polar surface area (TPSA) is 337 Å². The minimum absolute atomic E-state index is 0. The third-order valence-electron chi connectivity index (χ3n) is 16.9. The molecular formula is C88H80BBr6K3N5O16. The van der Waals surface area contributed by atoms with Gasteiger partial charge in [-0.1, -0.05) is 207 Å². The fraction of sp³-hybridized carbons (Fsp3) is 0.136. The average molecular weight is 2070 g/mol. The zero-order chi connectivity index (χ0) is 82.8. The molecule has 1 fully saturated rings. The molecule has 0 bridgehead atoms. The maximum Gasteiger partial charge on any atom is 1.00 e. The number of nitrogens with two attached hydrogens (primary N) is 1. The summed E-state index contributed by atoms with van der Waals surface area (Å²) in [6.45, 7) is 11.6. The number of para-hydroxylation sites is 8. The van der Waals surface area contributed by atoms with Crippen LogP contribution in [-0.4, -0.2) is 75.5 Å². The number of halogens is 6. The zero-order valence-corrected chi connectivity index (χ0v) is 85.1. The van der Waals surface area contributed by atoms with Gasteiger partial charge in [-0.15, -0.1) is 0 Å². The average Bonchev–Trinajstić information content (AvgIpc) is 1.66. The van der Waals surface area contributed by atoms with E-state index < -0.39 is 0 Å². The molecule has 7 heterocycles. The predicted octanol–water partition coefficient (Wildman–Crippen LogP) is 15.6. The van der Waals surface area contributed by atoms with E-state index >= 15 is 0 Å². The number of hydrogen-bond donors (Lipinski definition) is 6. The van der Waals surface area contributed by atoms with Gasteiger partial charge in [-0.05, 0) is 146 Å². The molecule has 0 spiro atoms. The number of carbonyl (C=O) groups is 3. The number of nitrogens with zero attached hydrogens (tertiary/aromatic N) is 1. The first kappa shape index (κ1) is 106. The first-order chi connectivity index (χ1) is 56.1. The number of unbranched alkanes of at least 4 members (excludes halogenated alkanes) is 1. The summed E-state index contributed by atoms with van der Waals surface area (Å²) >= 11 is 19.6. The molecule has 119 heavy (non-hydrogen) atoms. The van der Waals surface area contributed by atoms with Crippen LogP contribution in [0.4, 0.5) is 17.1 Å². The number of aliphatic hydroxyl groups is 1. The fourth-order valence-electron chi connectivity index (χ4n) is 12.1. The number of amides is 2. The molecule has 18 aromatic rings. The number of furan rings is 6. The van der Waals surface area contributed by atoms with Gasteiger partial charge >= 0.3 is 162 Å². The quantitative estimate of drug-likeness (QED) is 0.0205. The van der Waals surface area contributed by atoms with E-state index in [1.54, 1.807) is 6.07 Å². The van der Waals surface area contributed by atoms with Crippen LogP contribution in [-0.2, 0) is 24.0 Å². The van der Waals surface area contributed by atoms with Gasteiger partial charge in [-0.2, -0.15) is 0 Å². The molecule has 6 aromatic heterocycles. The van der Waals surface area contributed by atoms with Crippen LogP contribution < -0.4 is 186 Å². The Morgan fingerprint density at radius 3 is 1.28 bits per heavy atom. The number of rotatable bonds is 8. The van der Waals surface area contributed by atoms with Crippen molar-refractivity contribution in [2.75, 3.05) is 50.3 Å². The Morgan fingerprint density at radius 1 is 0.479 bits per heavy atom. The Morgan fingerprint density at radius 2 is 0.824 bits per heavy atom. The Bertz CT molecular complexity index is 6210. The minimum atomic E-state index is -0.181. The molecule has 8 N–H and O–H groups in total. The van der Waals surface area contributed by atoms with Crippen molar-refractivity contribution in [1.29, 1.82) is 5.26 Å². The number of carbonyl (C=O) groups excluding carboxylic acids is 3. The van der Waals surface area contributed by atoms with E-state index in [9.17, 15) is 9.59 Å². The molecule has 0 aliphatic carbocycles. The molecular weight excluding hydrogens is 1990 g/mol. The number of benzene rings is 12. The van der Waals surface area contributed by atoms with E-state index in [1.165, 1.54) is 44.9 Å². The largest absolute Gasteiger partial charge is 1.00 e. The third kappa shape index (κ3) is 28.8. The molecule has 1 saturated heterocycles. The SMILES string of the molecule is BrBr.Brc1cccc2c1oc1ccccc12.Brc1cccc2oc3ccccc3c12.C#N.C1CCOC1.CC(=O)Nc1ccc(Br)c2c1oc1ccccc12.CC(=O)Nc1cccc2c1oc1ccccc12.CCCCNC.CO.Nc1ccc(Br)c2c1oc1ccccc12.O=CO[O-].O[B]Oc1cccc2oc3ccccc3c12.[H-].[K+].[K+].[K+].[OH-]. The molecule has 2 amide bonds. The predicted molar refractivity (Wildman–Crippen MR) is 486 cm³/mol. The van der Waals surface area contributed by atoms with Crippen molar-refractivity contribution in [3.63, 3.8) is 0 Å². The van der Waals surface area contributed by atoms with Gasteiger partial charge in [-0.25, -0.2) is 5.26 Å². The maximum atomic E-state index is 11.2. The molecule has 0 unspecified atom stereocenters. The van der Waals surface area contributed by atoms with Crippen LogP contribution >= 0.6 is 92.0 Å². The summed E-state index contributed by atoms with van der Waals surface area (Å²) in [6.07, 6.45) is 5.15. The molecule has 12 aromatic carbocycles. The van der Waals surface area contributed by atoms with Gasteiger partial charge in [0.15, 0.2) is 16.7 Å². The first-order valence-corrected chi connectivity index (χ1v) is 42.4. The number of hydrogen-bond acceptors (Lipinski definition) is 19. The molecule has 0 atom stereocenters. The van der Waals surface area contributed by atoms with Crippen LogP contribution in [0.3, 0.4) is 0 Å². The number of nitrogens with one attached hydrogen (secondary N) is 3. The van der Waals surface area contributed by atoms with E-state index in [2.05, 4.69) is 145 Å². The van der Waals surface area contributed by atoms with Gasteiger partial charge in [-0.3, -0.25) is 14.4 Å². The summed E-state index contributed by atoms with van der Waals surface area (Å²) in [5.41, 5.74) is 17.9. The van der Waals surface area contributed by atoms with Crippen molar-refractivity contribution < 1.29 is 232 Å². The van der Waals surface area contributed by atoms with Crippen molar-refractivity contribution in [1.82, 2.24) is 5.32 Å². The van der Waals surface area contributed by atoms with Crippen LogP contribution in [0.2, 0.25) is 0 Å². The van der Waals surface area contributed by atoms with Crippen LogP contribution in [0.15, 0.2) is 287 Å². The standard InChI is InChI=1S/C14H10BrNO2.C14H11NO2.C12H8BO3.C12H8BrNO.2C12H7BrO.C5H13N.C4H8O.CHN.CH2O3.CH4O.Br2.3K.H2O.H/c1-8(17)16-11-7-6-10(15)13-9-4-2-3-5-12(9)18-14(11)13;1-9(16)15-12-7-4-6-11-10-5-2-3-8-13(10)17-14(11)12;14-13-16-11-7-3-6-10-12(11)8-4-1-2-5-9(8)15-10;13-8-5-6-9(14)12-11(8)7-3-1-2-4-10(7)15-12;13-10-6-3-5-9-8-4-1-2-7-11(8)14-12(9)10;13-9-5-3-7-11-12(9)8-4-1-2-6-10(8)14-11;1-3-4-5-6-2;1-2-4-5-3-1;1-2;2-1-4-3;2*1-2;;;;;/h2-7H,1H3,(H,16,17);2-8H,1H3,(H,15,16);1-7,14H;1-6H,14H2;2*1-7H;6H,3-5H2,1-2H3;1-4H2;1H;1,3H;2H,1H3;;;;;1H2;/q;;;;;;;;;;;;3*+1;;-1/p-2. The number of fused-ring (bicyclic) bond motifs is 18. The third-order valence-corrected chi connectivity index (χ3v) is 19.5. The van der Waals surface area contributed by atoms with E-state index in [1.807, 2.05) is 225 Å². The second kappa shape index (κ2) is 56.4. The monoisotopic (exact) mass is 2060 g/mol. The Hall–Kier alpha value is -5.45. The number of aliphatic hydroxyl groups excluding tert-OH is 1. The van der Waals surface area contributed by atoms with Crippen molar-refractivity contribution in [3.8, 4) is 12.3 Å². The summed E-state index contributed by atoms with van der Waals surface area (Å²) in [5, 5.41) is 52.0. The molecule has 0 saturated carbocycles. The van der Waals surface area contributed by atoms with Gasteiger partial charge in [0.2, 0.25) is 11.8 Å². The Labute approximate surface area is 865 Å². The van der Waals surface area contributed by atoms with Crippen LogP contribution in [0.25, 0.3) is 132 Å². The molecule has 19 rings (SSSR count). The minimum Gasteiger partial charge on any atom is -1.00 e. The van der Waals surface area contributed by atoms with Gasteiger partial charge in [0.25, 0.3) is 6.47 Å². The van der Waals surface area contributed by atoms with E-state index in [4.69, 9.17) is 67.1 Å². The summed E-state index contributed by atoms with van der Waals surface area (Å²) in [5.74, 6) is 0.377. The van der Waals surface area contributed by atoms with E-state index in [0.29, 0.717) is 36.1 Å². The summed E-state index contributed by atoms with van der Waals surface area (Å²) < 4.78 is 48.5. The van der Waals surface area contributed by atoms with Gasteiger partial charge in [0, 0.05) is 142 Å². The molecule has 1 radical (unpaired) electrons. The van der Waals surface area contributed by atoms with Crippen molar-refractivity contribution in [3.05, 3.63) is 261 Å². The van der Waals surface area contributed by atoms with E-state index in [0.717, 1.165) is 165 Å². The fourth-order valence-corrected chi connectivity index (χ4v) is 14.2. The van der Waals surface area contributed by atoms with Gasteiger partial charge in [0.05, 0.1) is 26.9 Å². The normalized spacial score (nSPS) is 10.5. The number of nitrogen functional groups attached to an aromatic ring is 1. The second-order valence-electron chi connectivity index (χ2n) is 24.3. The number of nitriles is 1. The maximum absolute atomic E-state index is 11.2. The van der Waals surface area contributed by atoms with Crippen LogP contribution in [0.1, 0.15) is 47.9 Å². The molecule has 1 aliphatic heterocycles. The number of ether oxygens (including phenoxy) is 1. The Balaban J connectivity index is 0.000000353. The molecule has 21 nitrogen and oxygen atoms in total. The Kier molecular flexibility index (Phi) is 50.2. The second-order valence-corrected chi connectivity index (χ2v) is 27.7. The summed E-state index contributed by atoms with van der Waals surface area (Å²) in [7, 11) is 3.66.